The topological polar surface area (TPSA) is 130 Å². The van der Waals surface area contributed by atoms with Gasteiger partial charge in [-0.15, -0.1) is 5.10 Å². The van der Waals surface area contributed by atoms with Gasteiger partial charge < -0.3 is 25.2 Å². The summed E-state index contributed by atoms with van der Waals surface area (Å²) >= 11 is 0. The number of aliphatic hydroxyl groups excluding tert-OH is 2. The zero-order valence-electron chi connectivity index (χ0n) is 19.7. The summed E-state index contributed by atoms with van der Waals surface area (Å²) in [6, 6.07) is 5.67. The lowest BCUT2D eigenvalue weighted by Gasteiger charge is -2.34. The second kappa shape index (κ2) is 9.88. The van der Waals surface area contributed by atoms with Crippen molar-refractivity contribution in [2.24, 2.45) is 5.41 Å². The number of rotatable bonds is 7. The van der Waals surface area contributed by atoms with Gasteiger partial charge in [-0.05, 0) is 30.0 Å². The van der Waals surface area contributed by atoms with E-state index in [-0.39, 0.29) is 31.4 Å². The van der Waals surface area contributed by atoms with Crippen LogP contribution in [0.15, 0.2) is 30.5 Å². The number of aromatic nitrogens is 3. The molecule has 10 heteroatoms. The van der Waals surface area contributed by atoms with Crippen molar-refractivity contribution in [3.8, 4) is 5.75 Å². The van der Waals surface area contributed by atoms with Gasteiger partial charge in [0.25, 0.3) is 0 Å². The van der Waals surface area contributed by atoms with Gasteiger partial charge in [0.15, 0.2) is 0 Å². The predicted octanol–water partition coefficient (Wildman–Crippen LogP) is 1.21. The van der Waals surface area contributed by atoms with Gasteiger partial charge in [0.2, 0.25) is 11.8 Å². The molecule has 4 unspecified atom stereocenters. The van der Waals surface area contributed by atoms with E-state index in [9.17, 15) is 19.8 Å². The second-order valence-electron chi connectivity index (χ2n) is 9.50. The van der Waals surface area contributed by atoms with Crippen LogP contribution in [-0.4, -0.2) is 67.7 Å². The fourth-order valence-electron chi connectivity index (χ4n) is 4.02. The molecule has 2 aromatic rings. The van der Waals surface area contributed by atoms with Gasteiger partial charge in [-0.3, -0.25) is 9.59 Å². The van der Waals surface area contributed by atoms with Crippen LogP contribution >= 0.6 is 0 Å². The van der Waals surface area contributed by atoms with Gasteiger partial charge in [0.05, 0.1) is 18.4 Å². The number of β-amino-alcohol motifs (C(OH)–C–C–N with tert-alkyl or cyclic N) is 1. The number of hydrogen-bond acceptors (Lipinski definition) is 7. The molecule has 3 rings (SSSR count). The van der Waals surface area contributed by atoms with Gasteiger partial charge in [0, 0.05) is 20.0 Å². The first-order valence-corrected chi connectivity index (χ1v) is 11.0. The Balaban J connectivity index is 1.76. The molecule has 1 fully saturated rings. The highest BCUT2D eigenvalue weighted by atomic mass is 16.5. The molecule has 1 aliphatic heterocycles. The van der Waals surface area contributed by atoms with E-state index in [1.807, 2.05) is 20.8 Å². The van der Waals surface area contributed by atoms with E-state index in [0.29, 0.717) is 11.4 Å². The summed E-state index contributed by atoms with van der Waals surface area (Å²) in [4.78, 5) is 27.3. The Morgan fingerprint density at radius 3 is 2.52 bits per heavy atom. The summed E-state index contributed by atoms with van der Waals surface area (Å²) in [5.74, 6) is 0.0254. The highest BCUT2D eigenvalue weighted by Gasteiger charge is 2.45. The maximum absolute atomic E-state index is 13.5. The maximum Gasteiger partial charge on any atom is 0.248 e. The predicted molar refractivity (Wildman–Crippen MR) is 120 cm³/mol. The third-order valence-electron chi connectivity index (χ3n) is 5.74. The molecule has 1 aliphatic rings. The highest BCUT2D eigenvalue weighted by molar-refractivity contribution is 5.90. The van der Waals surface area contributed by atoms with E-state index < -0.39 is 29.7 Å². The first-order valence-electron chi connectivity index (χ1n) is 11.0. The lowest BCUT2D eigenvalue weighted by atomic mass is 9.85. The van der Waals surface area contributed by atoms with Crippen molar-refractivity contribution < 1.29 is 24.5 Å². The van der Waals surface area contributed by atoms with Gasteiger partial charge in [0.1, 0.15) is 30.1 Å². The summed E-state index contributed by atoms with van der Waals surface area (Å²) in [6.45, 7) is 7.69. The Hall–Kier alpha value is -2.98. The average molecular weight is 460 g/mol. The number of aliphatic hydroxyl groups is 2. The molecule has 0 aliphatic carbocycles. The fraction of sp³-hybridized carbons (Fsp3) is 0.565. The number of likely N-dealkylation sites (tertiary alicyclic amines) is 1. The van der Waals surface area contributed by atoms with E-state index >= 15 is 0 Å². The van der Waals surface area contributed by atoms with Crippen LogP contribution in [0.4, 0.5) is 0 Å². The standard InChI is InChI=1S/C23H33N5O5/c1-14(29)15-6-8-18(9-7-15)33-13-16-11-28(26-25-16)20(23(2,3)4)22(32)27-12-17(30)10-19(27)21(31)24-5/h6-9,11,14,17,19-20,29-30H,10,12-13H2,1-5H3,(H,24,31). The van der Waals surface area contributed by atoms with Crippen LogP contribution < -0.4 is 10.1 Å². The van der Waals surface area contributed by atoms with Crippen LogP contribution in [-0.2, 0) is 16.2 Å². The smallest absolute Gasteiger partial charge is 0.248 e. The molecular weight excluding hydrogens is 426 g/mol. The lowest BCUT2D eigenvalue weighted by molar-refractivity contribution is -0.144. The number of carbonyl (C=O) groups is 2. The SMILES string of the molecule is CNC(=O)C1CC(O)CN1C(=O)C(n1cc(COc2ccc(C(C)O)cc2)nn1)C(C)(C)C. The van der Waals surface area contributed by atoms with Gasteiger partial charge in [-0.2, -0.15) is 0 Å². The van der Waals surface area contributed by atoms with Crippen LogP contribution in [0.3, 0.4) is 0 Å². The molecule has 1 aromatic heterocycles. The highest BCUT2D eigenvalue weighted by Crippen LogP contribution is 2.34. The minimum atomic E-state index is -0.753. The molecule has 1 saturated heterocycles. The molecule has 0 radical (unpaired) electrons. The van der Waals surface area contributed by atoms with Crippen molar-refractivity contribution >= 4 is 11.8 Å². The van der Waals surface area contributed by atoms with E-state index in [1.165, 1.54) is 16.6 Å². The molecular formula is C23H33N5O5. The molecule has 2 amide bonds. The molecule has 4 atom stereocenters. The number of carbonyl (C=O) groups excluding carboxylic acids is 2. The van der Waals surface area contributed by atoms with Crippen molar-refractivity contribution in [2.75, 3.05) is 13.6 Å². The van der Waals surface area contributed by atoms with E-state index in [1.54, 1.807) is 37.4 Å². The molecule has 0 saturated carbocycles. The van der Waals surface area contributed by atoms with Gasteiger partial charge >= 0.3 is 0 Å². The van der Waals surface area contributed by atoms with E-state index in [4.69, 9.17) is 4.74 Å². The average Bonchev–Trinajstić information content (AvgIpc) is 3.37. The van der Waals surface area contributed by atoms with Gasteiger partial charge in [-0.1, -0.05) is 38.1 Å². The molecule has 10 nitrogen and oxygen atoms in total. The Kier molecular flexibility index (Phi) is 7.38. The number of likely N-dealkylation sites (N-methyl/N-ethyl adjacent to an activating group) is 1. The monoisotopic (exact) mass is 459 g/mol. The Bertz CT molecular complexity index is 966. The molecule has 3 N–H and O–H groups in total. The van der Waals surface area contributed by atoms with Crippen LogP contribution in [0.25, 0.3) is 0 Å². The minimum absolute atomic E-state index is 0.0939. The van der Waals surface area contributed by atoms with Crippen molar-refractivity contribution in [3.63, 3.8) is 0 Å². The summed E-state index contributed by atoms with van der Waals surface area (Å²) < 4.78 is 7.27. The summed E-state index contributed by atoms with van der Waals surface area (Å²) in [7, 11) is 1.51. The molecule has 2 heterocycles. The number of amides is 2. The number of ether oxygens (including phenoxy) is 1. The molecule has 180 valence electrons. The minimum Gasteiger partial charge on any atom is -0.487 e. The molecule has 1 aromatic carbocycles. The number of nitrogens with zero attached hydrogens (tertiary/aromatic N) is 4. The number of benzene rings is 1. The van der Waals surface area contributed by atoms with Crippen LogP contribution in [0.5, 0.6) is 5.75 Å². The lowest BCUT2D eigenvalue weighted by Crippen LogP contribution is -2.49. The van der Waals surface area contributed by atoms with Gasteiger partial charge in [-0.25, -0.2) is 4.68 Å². The Labute approximate surface area is 193 Å². The maximum atomic E-state index is 13.5. The van der Waals surface area contributed by atoms with Crippen LogP contribution in [0.2, 0.25) is 0 Å². The van der Waals surface area contributed by atoms with E-state index in [2.05, 4.69) is 15.6 Å². The largest absolute Gasteiger partial charge is 0.487 e. The Morgan fingerprint density at radius 1 is 1.27 bits per heavy atom. The zero-order valence-corrected chi connectivity index (χ0v) is 19.7. The zero-order chi connectivity index (χ0) is 24.3. The van der Waals surface area contributed by atoms with E-state index in [0.717, 1.165) is 5.56 Å². The first-order chi connectivity index (χ1) is 15.5. The number of nitrogens with one attached hydrogen (secondary N) is 1. The van der Waals surface area contributed by atoms with Crippen molar-refractivity contribution in [1.29, 1.82) is 0 Å². The molecule has 33 heavy (non-hydrogen) atoms. The fourth-order valence-corrected chi connectivity index (χ4v) is 4.02. The third kappa shape index (κ3) is 5.69. The number of hydrogen-bond donors (Lipinski definition) is 3. The quantitative estimate of drug-likeness (QED) is 0.567. The summed E-state index contributed by atoms with van der Waals surface area (Å²) in [5, 5.41) is 30.6. The second-order valence-corrected chi connectivity index (χ2v) is 9.50. The summed E-state index contributed by atoms with van der Waals surface area (Å²) in [6.07, 6.45) is 0.564. The van der Waals surface area contributed by atoms with Crippen LogP contribution in [0, 0.1) is 5.41 Å². The first kappa shape index (κ1) is 24.7. The Morgan fingerprint density at radius 2 is 1.94 bits per heavy atom. The van der Waals surface area contributed by atoms with Crippen molar-refractivity contribution in [2.45, 2.75) is 65.0 Å². The molecule has 0 bridgehead atoms. The summed E-state index contributed by atoms with van der Waals surface area (Å²) in [5.41, 5.74) is 0.809. The van der Waals surface area contributed by atoms with Crippen molar-refractivity contribution in [3.05, 3.63) is 41.7 Å². The normalized spacial score (nSPS) is 20.4. The van der Waals surface area contributed by atoms with Crippen molar-refractivity contribution in [1.82, 2.24) is 25.2 Å². The third-order valence-corrected chi connectivity index (χ3v) is 5.74. The van der Waals surface area contributed by atoms with Crippen LogP contribution in [0.1, 0.15) is 57.5 Å². The molecule has 0 spiro atoms.